The van der Waals surface area contributed by atoms with Gasteiger partial charge >= 0.3 is 0 Å². The first kappa shape index (κ1) is 18.5. The van der Waals surface area contributed by atoms with Gasteiger partial charge in [0.25, 0.3) is 5.91 Å². The van der Waals surface area contributed by atoms with Crippen LogP contribution in [0.3, 0.4) is 0 Å². The van der Waals surface area contributed by atoms with E-state index in [1.807, 2.05) is 18.2 Å². The van der Waals surface area contributed by atoms with Crippen LogP contribution in [0.4, 0.5) is 5.69 Å². The molecule has 2 aromatic rings. The van der Waals surface area contributed by atoms with Gasteiger partial charge in [0.15, 0.2) is 0 Å². The molecule has 0 spiro atoms. The van der Waals surface area contributed by atoms with Crippen molar-refractivity contribution in [2.45, 2.75) is 32.1 Å². The average molecular weight is 371 g/mol. The largest absolute Gasteiger partial charge is 0.351 e. The highest BCUT2D eigenvalue weighted by Crippen LogP contribution is 2.30. The van der Waals surface area contributed by atoms with Crippen LogP contribution >= 0.6 is 11.6 Å². The lowest BCUT2D eigenvalue weighted by Crippen LogP contribution is -2.29. The minimum absolute atomic E-state index is 0.0552. The Balaban J connectivity index is 1.71. The van der Waals surface area contributed by atoms with E-state index < -0.39 is 0 Å². The van der Waals surface area contributed by atoms with Gasteiger partial charge in [-0.15, -0.1) is 0 Å². The molecule has 136 valence electrons. The Morgan fingerprint density at radius 3 is 2.65 bits per heavy atom. The quantitative estimate of drug-likeness (QED) is 0.819. The molecule has 2 aromatic carbocycles. The molecule has 0 aromatic heterocycles. The molecule has 1 aliphatic heterocycles. The van der Waals surface area contributed by atoms with Gasteiger partial charge in [-0.2, -0.15) is 0 Å². The van der Waals surface area contributed by atoms with Crippen LogP contribution in [0.25, 0.3) is 0 Å². The summed E-state index contributed by atoms with van der Waals surface area (Å²) in [5.74, 6) is 0.176. The Hall–Kier alpha value is -2.33. The predicted octanol–water partition coefficient (Wildman–Crippen LogP) is 4.39. The number of anilines is 1. The zero-order chi connectivity index (χ0) is 18.5. The Labute approximate surface area is 159 Å². The second-order valence-corrected chi connectivity index (χ2v) is 6.95. The number of amides is 2. The molecule has 4 nitrogen and oxygen atoms in total. The third-order valence-electron chi connectivity index (χ3n) is 4.85. The number of hydrogen-bond acceptors (Lipinski definition) is 2. The fraction of sp³-hybridized carbons (Fsp3) is 0.333. The third-order valence-corrected chi connectivity index (χ3v) is 5.16. The molecule has 1 unspecified atom stereocenters. The molecule has 26 heavy (non-hydrogen) atoms. The maximum absolute atomic E-state index is 12.6. The van der Waals surface area contributed by atoms with Crippen LogP contribution in [0.2, 0.25) is 5.02 Å². The molecule has 1 fully saturated rings. The summed E-state index contributed by atoms with van der Waals surface area (Å²) in [6.07, 6.45) is 2.29. The van der Waals surface area contributed by atoms with E-state index in [0.717, 1.165) is 12.8 Å². The molecule has 1 saturated heterocycles. The maximum atomic E-state index is 12.6. The number of hydrogen-bond donors (Lipinski definition) is 1. The minimum atomic E-state index is -0.149. The van der Waals surface area contributed by atoms with Crippen LogP contribution in [0, 0.1) is 0 Å². The van der Waals surface area contributed by atoms with Crippen LogP contribution in [0.5, 0.6) is 0 Å². The molecule has 1 atom stereocenters. The number of nitrogens with one attached hydrogen (secondary N) is 1. The lowest BCUT2D eigenvalue weighted by Gasteiger charge is -2.19. The molecule has 0 bridgehead atoms. The van der Waals surface area contributed by atoms with Crippen LogP contribution in [0.1, 0.15) is 48.0 Å². The fourth-order valence-electron chi connectivity index (χ4n) is 3.30. The number of carbonyl (C=O) groups excluding carboxylic acids is 2. The van der Waals surface area contributed by atoms with E-state index in [4.69, 9.17) is 11.6 Å². The van der Waals surface area contributed by atoms with Crippen molar-refractivity contribution in [1.82, 2.24) is 5.32 Å². The zero-order valence-electron chi connectivity index (χ0n) is 14.9. The van der Waals surface area contributed by atoms with Crippen molar-refractivity contribution in [1.29, 1.82) is 0 Å². The second-order valence-electron chi connectivity index (χ2n) is 6.54. The van der Waals surface area contributed by atoms with Gasteiger partial charge in [-0.3, -0.25) is 9.59 Å². The van der Waals surface area contributed by atoms with Crippen molar-refractivity contribution >= 4 is 29.1 Å². The lowest BCUT2D eigenvalue weighted by atomic mass is 9.96. The van der Waals surface area contributed by atoms with E-state index in [1.165, 1.54) is 5.56 Å². The van der Waals surface area contributed by atoms with E-state index in [2.05, 4.69) is 24.4 Å². The number of nitrogens with zero attached hydrogens (tertiary/aromatic N) is 1. The van der Waals surface area contributed by atoms with Crippen molar-refractivity contribution < 1.29 is 9.59 Å². The first-order chi connectivity index (χ1) is 12.6. The molecule has 0 radical (unpaired) electrons. The summed E-state index contributed by atoms with van der Waals surface area (Å²) in [7, 11) is 0. The minimum Gasteiger partial charge on any atom is -0.351 e. The summed E-state index contributed by atoms with van der Waals surface area (Å²) in [6, 6.07) is 15.3. The first-order valence-corrected chi connectivity index (χ1v) is 9.41. The van der Waals surface area contributed by atoms with Crippen LogP contribution in [-0.2, 0) is 4.79 Å². The van der Waals surface area contributed by atoms with Crippen molar-refractivity contribution in [3.05, 3.63) is 64.7 Å². The van der Waals surface area contributed by atoms with Crippen molar-refractivity contribution in [2.75, 3.05) is 18.0 Å². The van der Waals surface area contributed by atoms with E-state index in [1.54, 1.807) is 23.1 Å². The SMILES string of the molecule is CCC(CNC(=O)c1ccc(Cl)c(N2CCCC2=O)c1)c1ccccc1. The Morgan fingerprint density at radius 2 is 2.00 bits per heavy atom. The molecule has 1 N–H and O–H groups in total. The molecule has 1 heterocycles. The smallest absolute Gasteiger partial charge is 0.251 e. The van der Waals surface area contributed by atoms with Crippen LogP contribution in [-0.4, -0.2) is 24.9 Å². The standard InChI is InChI=1S/C21H23ClN2O2/c1-2-15(16-7-4-3-5-8-16)14-23-21(26)17-10-11-18(22)19(13-17)24-12-6-9-20(24)25/h3-5,7-8,10-11,13,15H,2,6,9,12,14H2,1H3,(H,23,26). The van der Waals surface area contributed by atoms with E-state index >= 15 is 0 Å². The van der Waals surface area contributed by atoms with Gasteiger partial charge in [0, 0.05) is 31.0 Å². The second kappa shape index (κ2) is 8.37. The lowest BCUT2D eigenvalue weighted by molar-refractivity contribution is -0.117. The zero-order valence-corrected chi connectivity index (χ0v) is 15.6. The van der Waals surface area contributed by atoms with Gasteiger partial charge in [0.1, 0.15) is 0 Å². The normalized spacial score (nSPS) is 15.2. The van der Waals surface area contributed by atoms with Crippen molar-refractivity contribution in [3.63, 3.8) is 0 Å². The number of benzene rings is 2. The monoisotopic (exact) mass is 370 g/mol. The predicted molar refractivity (Wildman–Crippen MR) is 105 cm³/mol. The Kier molecular flexibility index (Phi) is 5.94. The van der Waals surface area contributed by atoms with E-state index in [-0.39, 0.29) is 17.7 Å². The molecular weight excluding hydrogens is 348 g/mol. The average Bonchev–Trinajstić information content (AvgIpc) is 3.09. The fourth-order valence-corrected chi connectivity index (χ4v) is 3.52. The van der Waals surface area contributed by atoms with Gasteiger partial charge < -0.3 is 10.2 Å². The van der Waals surface area contributed by atoms with Gasteiger partial charge in [-0.05, 0) is 36.6 Å². The third kappa shape index (κ3) is 4.07. The molecule has 0 aliphatic carbocycles. The summed E-state index contributed by atoms with van der Waals surface area (Å²) in [4.78, 5) is 26.2. The number of halogens is 1. The van der Waals surface area contributed by atoms with Crippen LogP contribution < -0.4 is 10.2 Å². The summed E-state index contributed by atoms with van der Waals surface area (Å²) in [6.45, 7) is 3.33. The maximum Gasteiger partial charge on any atom is 0.251 e. The van der Waals surface area contributed by atoms with E-state index in [9.17, 15) is 9.59 Å². The number of carbonyl (C=O) groups is 2. The van der Waals surface area contributed by atoms with Gasteiger partial charge in [-0.1, -0.05) is 48.9 Å². The molecule has 5 heteroatoms. The highest BCUT2D eigenvalue weighted by Gasteiger charge is 2.24. The summed E-state index contributed by atoms with van der Waals surface area (Å²) >= 11 is 6.25. The highest BCUT2D eigenvalue weighted by molar-refractivity contribution is 6.34. The van der Waals surface area contributed by atoms with E-state index in [0.29, 0.717) is 35.8 Å². The molecular formula is C21H23ClN2O2. The summed E-state index contributed by atoms with van der Waals surface area (Å²) in [5.41, 5.74) is 2.36. The Bertz CT molecular complexity index is 792. The molecule has 0 saturated carbocycles. The van der Waals surface area contributed by atoms with Crippen LogP contribution in [0.15, 0.2) is 48.5 Å². The molecule has 1 aliphatic rings. The topological polar surface area (TPSA) is 49.4 Å². The van der Waals surface area contributed by atoms with Crippen molar-refractivity contribution in [2.24, 2.45) is 0 Å². The van der Waals surface area contributed by atoms with Crippen molar-refractivity contribution in [3.8, 4) is 0 Å². The van der Waals surface area contributed by atoms with Gasteiger partial charge in [0.2, 0.25) is 5.91 Å². The summed E-state index contributed by atoms with van der Waals surface area (Å²) < 4.78 is 0. The summed E-state index contributed by atoms with van der Waals surface area (Å²) in [5, 5.41) is 3.50. The highest BCUT2D eigenvalue weighted by atomic mass is 35.5. The van der Waals surface area contributed by atoms with Gasteiger partial charge in [-0.25, -0.2) is 0 Å². The molecule has 2 amide bonds. The number of rotatable bonds is 6. The van der Waals surface area contributed by atoms with Gasteiger partial charge in [0.05, 0.1) is 10.7 Å². The first-order valence-electron chi connectivity index (χ1n) is 9.03. The molecule has 3 rings (SSSR count). The Morgan fingerprint density at radius 1 is 1.23 bits per heavy atom.